The zero-order valence-corrected chi connectivity index (χ0v) is 17.2. The fourth-order valence-electron chi connectivity index (χ4n) is 3.25. The quantitative estimate of drug-likeness (QED) is 0.702. The number of aryl methyl sites for hydroxylation is 1. The maximum Gasteiger partial charge on any atom is 0.309 e. The van der Waals surface area contributed by atoms with Gasteiger partial charge in [0.1, 0.15) is 5.69 Å². The Morgan fingerprint density at radius 1 is 1.21 bits per heavy atom. The number of rotatable bonds is 7. The van der Waals surface area contributed by atoms with Crippen molar-refractivity contribution in [3.8, 4) is 0 Å². The molecular weight excluding hydrogens is 390 g/mol. The smallest absolute Gasteiger partial charge is 0.309 e. The lowest BCUT2D eigenvalue weighted by Gasteiger charge is -2.30. The Hall–Kier alpha value is -2.74. The van der Waals surface area contributed by atoms with Gasteiger partial charge < -0.3 is 15.0 Å². The first-order valence-corrected chi connectivity index (χ1v) is 10.7. The third-order valence-corrected chi connectivity index (χ3v) is 5.61. The Bertz CT molecular complexity index is 845. The van der Waals surface area contributed by atoms with Crippen molar-refractivity contribution in [2.24, 2.45) is 5.92 Å². The standard InChI is InChI=1S/C21H25N3O4S/c1-2-28-20(27)16-10-12-24(13-11-16)19(26)17-14-29-21(22-17)23-18(25)9-8-15-6-4-3-5-7-15/h3-7,14,16H,2,8-13H2,1H3,(H,22,23,25). The van der Waals surface area contributed by atoms with Crippen molar-refractivity contribution in [3.05, 3.63) is 47.0 Å². The molecule has 1 aromatic carbocycles. The van der Waals surface area contributed by atoms with Gasteiger partial charge >= 0.3 is 5.97 Å². The number of ether oxygens (including phenoxy) is 1. The summed E-state index contributed by atoms with van der Waals surface area (Å²) in [6.45, 7) is 3.16. The average Bonchev–Trinajstić information content (AvgIpc) is 3.21. The number of thiazole rings is 1. The third kappa shape index (κ3) is 5.87. The zero-order chi connectivity index (χ0) is 20.6. The maximum atomic E-state index is 12.7. The van der Waals surface area contributed by atoms with E-state index < -0.39 is 0 Å². The lowest BCUT2D eigenvalue weighted by atomic mass is 9.97. The highest BCUT2D eigenvalue weighted by Gasteiger charge is 2.29. The van der Waals surface area contributed by atoms with Gasteiger partial charge in [-0.05, 0) is 31.7 Å². The Labute approximate surface area is 174 Å². The number of piperidine rings is 1. The molecule has 0 bridgehead atoms. The van der Waals surface area contributed by atoms with Gasteiger partial charge in [-0.1, -0.05) is 30.3 Å². The van der Waals surface area contributed by atoms with E-state index in [1.807, 2.05) is 30.3 Å². The molecule has 3 rings (SSSR count). The van der Waals surface area contributed by atoms with Crippen LogP contribution >= 0.6 is 11.3 Å². The first kappa shape index (κ1) is 21.0. The van der Waals surface area contributed by atoms with Gasteiger partial charge in [-0.15, -0.1) is 11.3 Å². The average molecular weight is 416 g/mol. The van der Waals surface area contributed by atoms with Crippen LogP contribution in [0.2, 0.25) is 0 Å². The minimum atomic E-state index is -0.186. The van der Waals surface area contributed by atoms with E-state index in [9.17, 15) is 14.4 Å². The van der Waals surface area contributed by atoms with Crippen molar-refractivity contribution < 1.29 is 19.1 Å². The van der Waals surface area contributed by atoms with E-state index in [4.69, 9.17) is 4.74 Å². The Kier molecular flexibility index (Phi) is 7.35. The highest BCUT2D eigenvalue weighted by atomic mass is 32.1. The molecule has 29 heavy (non-hydrogen) atoms. The van der Waals surface area contributed by atoms with Crippen LogP contribution in [-0.2, 0) is 20.7 Å². The predicted molar refractivity (Wildman–Crippen MR) is 111 cm³/mol. The molecule has 1 saturated heterocycles. The van der Waals surface area contributed by atoms with E-state index in [0.29, 0.717) is 56.2 Å². The number of hydrogen-bond donors (Lipinski definition) is 1. The summed E-state index contributed by atoms with van der Waals surface area (Å²) in [6.07, 6.45) is 2.20. The maximum absolute atomic E-state index is 12.7. The van der Waals surface area contributed by atoms with E-state index in [0.717, 1.165) is 5.56 Å². The number of carbonyl (C=O) groups is 3. The molecule has 0 saturated carbocycles. The first-order valence-electron chi connectivity index (χ1n) is 9.82. The monoisotopic (exact) mass is 415 g/mol. The number of nitrogens with one attached hydrogen (secondary N) is 1. The minimum Gasteiger partial charge on any atom is -0.466 e. The summed E-state index contributed by atoms with van der Waals surface area (Å²) >= 11 is 1.24. The van der Waals surface area contributed by atoms with Gasteiger partial charge in [0.2, 0.25) is 5.91 Å². The number of likely N-dealkylation sites (tertiary alicyclic amines) is 1. The summed E-state index contributed by atoms with van der Waals surface area (Å²) in [7, 11) is 0. The van der Waals surface area contributed by atoms with Crippen molar-refractivity contribution in [2.45, 2.75) is 32.6 Å². The van der Waals surface area contributed by atoms with Crippen molar-refractivity contribution in [1.29, 1.82) is 0 Å². The highest BCUT2D eigenvalue weighted by molar-refractivity contribution is 7.14. The number of aromatic nitrogens is 1. The van der Waals surface area contributed by atoms with E-state index in [1.54, 1.807) is 17.2 Å². The predicted octanol–water partition coefficient (Wildman–Crippen LogP) is 3.13. The Morgan fingerprint density at radius 3 is 2.62 bits per heavy atom. The number of hydrogen-bond acceptors (Lipinski definition) is 6. The lowest BCUT2D eigenvalue weighted by Crippen LogP contribution is -2.40. The van der Waals surface area contributed by atoms with Crippen LogP contribution in [0.1, 0.15) is 42.2 Å². The molecule has 154 valence electrons. The summed E-state index contributed by atoms with van der Waals surface area (Å²) < 4.78 is 5.06. The van der Waals surface area contributed by atoms with Gasteiger partial charge in [-0.25, -0.2) is 4.98 Å². The molecule has 0 aliphatic carbocycles. The van der Waals surface area contributed by atoms with E-state index in [-0.39, 0.29) is 23.7 Å². The van der Waals surface area contributed by atoms with Gasteiger partial charge in [-0.2, -0.15) is 0 Å². The molecule has 1 aromatic heterocycles. The number of anilines is 1. The number of carbonyl (C=O) groups excluding carboxylic acids is 3. The van der Waals surface area contributed by atoms with E-state index in [2.05, 4.69) is 10.3 Å². The second-order valence-corrected chi connectivity index (χ2v) is 7.75. The molecule has 8 heteroatoms. The fraction of sp³-hybridized carbons (Fsp3) is 0.429. The summed E-state index contributed by atoms with van der Waals surface area (Å²) in [5.41, 5.74) is 1.42. The Morgan fingerprint density at radius 2 is 1.93 bits per heavy atom. The molecule has 1 aliphatic heterocycles. The first-order chi connectivity index (χ1) is 14.1. The third-order valence-electron chi connectivity index (χ3n) is 4.86. The summed E-state index contributed by atoms with van der Waals surface area (Å²) in [4.78, 5) is 42.6. The summed E-state index contributed by atoms with van der Waals surface area (Å²) in [5.74, 6) is -0.631. The van der Waals surface area contributed by atoms with Crippen molar-refractivity contribution in [3.63, 3.8) is 0 Å². The van der Waals surface area contributed by atoms with Gasteiger partial charge in [0.15, 0.2) is 5.13 Å². The Balaban J connectivity index is 1.47. The zero-order valence-electron chi connectivity index (χ0n) is 16.4. The number of esters is 1. The van der Waals surface area contributed by atoms with Gasteiger partial charge in [0, 0.05) is 24.9 Å². The van der Waals surface area contributed by atoms with E-state index in [1.165, 1.54) is 11.3 Å². The van der Waals surface area contributed by atoms with Crippen LogP contribution in [0.25, 0.3) is 0 Å². The number of amides is 2. The van der Waals surface area contributed by atoms with Gasteiger partial charge in [0.25, 0.3) is 5.91 Å². The molecule has 0 unspecified atom stereocenters. The van der Waals surface area contributed by atoms with Crippen molar-refractivity contribution in [2.75, 3.05) is 25.0 Å². The number of nitrogens with zero attached hydrogens (tertiary/aromatic N) is 2. The van der Waals surface area contributed by atoms with Crippen LogP contribution in [0.3, 0.4) is 0 Å². The molecule has 1 N–H and O–H groups in total. The molecule has 0 spiro atoms. The van der Waals surface area contributed by atoms with Crippen LogP contribution in [0.5, 0.6) is 0 Å². The second kappa shape index (κ2) is 10.2. The molecular formula is C21H25N3O4S. The van der Waals surface area contributed by atoms with E-state index >= 15 is 0 Å². The normalized spacial score (nSPS) is 14.4. The van der Waals surface area contributed by atoms with Crippen molar-refractivity contribution >= 4 is 34.3 Å². The van der Waals surface area contributed by atoms with Crippen LogP contribution in [0.4, 0.5) is 5.13 Å². The fourth-order valence-corrected chi connectivity index (χ4v) is 3.95. The second-order valence-electron chi connectivity index (χ2n) is 6.89. The lowest BCUT2D eigenvalue weighted by molar-refractivity contribution is -0.149. The molecule has 0 atom stereocenters. The summed E-state index contributed by atoms with van der Waals surface area (Å²) in [6, 6.07) is 9.80. The van der Waals surface area contributed by atoms with Crippen LogP contribution in [0.15, 0.2) is 35.7 Å². The molecule has 7 nitrogen and oxygen atoms in total. The molecule has 0 radical (unpaired) electrons. The number of benzene rings is 1. The van der Waals surface area contributed by atoms with Gasteiger partial charge in [0.05, 0.1) is 12.5 Å². The molecule has 1 fully saturated rings. The molecule has 2 aromatic rings. The molecule has 1 aliphatic rings. The van der Waals surface area contributed by atoms with Crippen LogP contribution in [0, 0.1) is 5.92 Å². The summed E-state index contributed by atoms with van der Waals surface area (Å²) in [5, 5.41) is 4.85. The minimum absolute atomic E-state index is 0.127. The highest BCUT2D eigenvalue weighted by Crippen LogP contribution is 2.22. The van der Waals surface area contributed by atoms with Crippen LogP contribution in [-0.4, -0.2) is 47.4 Å². The SMILES string of the molecule is CCOC(=O)C1CCN(C(=O)c2csc(NC(=O)CCc3ccccc3)n2)CC1. The largest absolute Gasteiger partial charge is 0.466 e. The van der Waals surface area contributed by atoms with Crippen molar-refractivity contribution in [1.82, 2.24) is 9.88 Å². The molecule has 2 heterocycles. The van der Waals surface area contributed by atoms with Crippen LogP contribution < -0.4 is 5.32 Å². The van der Waals surface area contributed by atoms with Gasteiger partial charge in [-0.3, -0.25) is 14.4 Å². The molecule has 2 amide bonds. The topological polar surface area (TPSA) is 88.6 Å².